The Kier molecular flexibility index (Phi) is 49.2. The van der Waals surface area contributed by atoms with Gasteiger partial charge in [-0.15, -0.1) is 0 Å². The van der Waals surface area contributed by atoms with E-state index in [0.717, 1.165) is 96.3 Å². The molecule has 0 aliphatic rings. The highest BCUT2D eigenvalue weighted by Gasteiger charge is 2.22. The van der Waals surface area contributed by atoms with Crippen LogP contribution >= 0.6 is 0 Å². The molecule has 0 fully saturated rings. The fourth-order valence-electron chi connectivity index (χ4n) is 7.53. The monoisotopic (exact) mass is 980 g/mol. The quantitative estimate of drug-likeness (QED) is 0.0195. The molecule has 0 aromatic heterocycles. The average molecular weight is 981 g/mol. The standard InChI is InChI=1S/C61H105NO8/c1-6-8-10-12-14-16-18-20-22-24-26-27-28-29-30-31-32-33-34-36-38-40-42-44-46-48-50-52-59(64)70-57(56-69-61(60(65)66)67-54-53-62(3,4)5)55-68-58(63)51-49-47-45-43-41-39-37-35-25-23-21-19-17-15-13-11-9-7-2/h8,10,14,16,20,22-23,25-27,29-30,32-33,57,61H,6-7,9,11-13,15,17-19,21,24,28,31,34-56H2,1-5H3/b10-8-,16-14-,22-20-,25-23-,27-26-,30-29-,33-32-. The Hall–Kier alpha value is -3.53. The fraction of sp³-hybridized carbons (Fsp3) is 0.721. The summed E-state index contributed by atoms with van der Waals surface area (Å²) in [5.41, 5.74) is 0. The number of carbonyl (C=O) groups excluding carboxylic acids is 3. The Morgan fingerprint density at radius 2 is 0.814 bits per heavy atom. The number of carboxylic acid groups (broad SMARTS) is 1. The Morgan fingerprint density at radius 1 is 0.443 bits per heavy atom. The van der Waals surface area contributed by atoms with E-state index >= 15 is 0 Å². The van der Waals surface area contributed by atoms with Crippen LogP contribution in [0.15, 0.2) is 85.1 Å². The molecule has 9 heteroatoms. The molecule has 0 aromatic rings. The summed E-state index contributed by atoms with van der Waals surface area (Å²) in [6.07, 6.45) is 64.7. The number of nitrogens with zero attached hydrogens (tertiary/aromatic N) is 1. The van der Waals surface area contributed by atoms with Crippen molar-refractivity contribution >= 4 is 17.9 Å². The molecule has 0 N–H and O–H groups in total. The Bertz CT molecular complexity index is 1420. The first kappa shape index (κ1) is 66.5. The first-order valence-electron chi connectivity index (χ1n) is 28.2. The second-order valence-corrected chi connectivity index (χ2v) is 19.8. The van der Waals surface area contributed by atoms with Gasteiger partial charge in [-0.3, -0.25) is 9.59 Å². The van der Waals surface area contributed by atoms with Crippen molar-refractivity contribution in [3.05, 3.63) is 85.1 Å². The third kappa shape index (κ3) is 52.3. The first-order chi connectivity index (χ1) is 34.1. The van der Waals surface area contributed by atoms with Gasteiger partial charge in [-0.05, 0) is 89.9 Å². The molecule has 0 aromatic carbocycles. The SMILES string of the molecule is CC/C=C\C/C=C\C/C=C\C/C=C\C/C=C\C/C=C\CCCCCCCCCCC(=O)OC(COC(=O)CCCCCCCCC/C=C\CCCCCCCCC)COC(OCC[N+](C)(C)C)C(=O)[O-]. The number of ether oxygens (including phenoxy) is 4. The Balaban J connectivity index is 4.31. The van der Waals surface area contributed by atoms with E-state index in [1.165, 1.54) is 96.3 Å². The number of allylic oxidation sites excluding steroid dienone is 14. The number of carboxylic acids is 1. The van der Waals surface area contributed by atoms with E-state index in [-0.39, 0.29) is 38.6 Å². The van der Waals surface area contributed by atoms with Crippen molar-refractivity contribution in [2.45, 2.75) is 238 Å². The van der Waals surface area contributed by atoms with Gasteiger partial charge in [0, 0.05) is 12.8 Å². The Labute approximate surface area is 430 Å². The molecule has 0 aliphatic heterocycles. The molecule has 2 unspecified atom stereocenters. The minimum Gasteiger partial charge on any atom is -0.545 e. The number of likely N-dealkylation sites (N-methyl/N-ethyl adjacent to an activating group) is 1. The maximum Gasteiger partial charge on any atom is 0.306 e. The molecule has 0 rings (SSSR count). The number of unbranched alkanes of at least 4 members (excludes halogenated alkanes) is 22. The van der Waals surface area contributed by atoms with Gasteiger partial charge in [0.05, 0.1) is 40.3 Å². The van der Waals surface area contributed by atoms with Crippen molar-refractivity contribution in [3.8, 4) is 0 Å². The maximum absolute atomic E-state index is 12.9. The molecule has 402 valence electrons. The van der Waals surface area contributed by atoms with Crippen LogP contribution in [0.25, 0.3) is 0 Å². The van der Waals surface area contributed by atoms with Crippen molar-refractivity contribution in [3.63, 3.8) is 0 Å². The van der Waals surface area contributed by atoms with Crippen LogP contribution in [0.2, 0.25) is 0 Å². The highest BCUT2D eigenvalue weighted by atomic mass is 16.7. The summed E-state index contributed by atoms with van der Waals surface area (Å²) in [4.78, 5) is 37.3. The summed E-state index contributed by atoms with van der Waals surface area (Å²) in [6.45, 7) is 4.62. The molecule has 2 atom stereocenters. The Morgan fingerprint density at radius 3 is 1.23 bits per heavy atom. The van der Waals surface area contributed by atoms with Gasteiger partial charge >= 0.3 is 11.9 Å². The van der Waals surface area contributed by atoms with Gasteiger partial charge in [-0.2, -0.15) is 0 Å². The van der Waals surface area contributed by atoms with Crippen LogP contribution in [0.1, 0.15) is 226 Å². The van der Waals surface area contributed by atoms with E-state index in [1.807, 2.05) is 21.1 Å². The maximum atomic E-state index is 12.9. The predicted molar refractivity (Wildman–Crippen MR) is 292 cm³/mol. The fourth-order valence-corrected chi connectivity index (χ4v) is 7.53. The zero-order valence-electron chi connectivity index (χ0n) is 45.6. The molecule has 0 aliphatic carbocycles. The number of esters is 2. The molecule has 0 spiro atoms. The lowest BCUT2D eigenvalue weighted by Crippen LogP contribution is -2.44. The van der Waals surface area contributed by atoms with Crippen molar-refractivity contribution in [1.82, 2.24) is 0 Å². The predicted octanol–water partition coefficient (Wildman–Crippen LogP) is 15.1. The van der Waals surface area contributed by atoms with Gasteiger partial charge in [0.2, 0.25) is 0 Å². The average Bonchev–Trinajstić information content (AvgIpc) is 3.33. The van der Waals surface area contributed by atoms with E-state index in [2.05, 4.69) is 98.9 Å². The topological polar surface area (TPSA) is 111 Å². The third-order valence-electron chi connectivity index (χ3n) is 11.9. The van der Waals surface area contributed by atoms with Gasteiger partial charge in [-0.1, -0.05) is 208 Å². The minimum absolute atomic E-state index is 0.142. The molecule has 0 bridgehead atoms. The van der Waals surface area contributed by atoms with Crippen molar-refractivity contribution in [2.24, 2.45) is 0 Å². The second kappa shape index (κ2) is 51.8. The lowest BCUT2D eigenvalue weighted by molar-refractivity contribution is -0.870. The van der Waals surface area contributed by atoms with Crippen LogP contribution in [0, 0.1) is 0 Å². The largest absolute Gasteiger partial charge is 0.545 e. The van der Waals surface area contributed by atoms with E-state index in [1.54, 1.807) is 0 Å². The number of rotatable bonds is 51. The highest BCUT2D eigenvalue weighted by Crippen LogP contribution is 2.15. The summed E-state index contributed by atoms with van der Waals surface area (Å²) in [7, 11) is 5.91. The van der Waals surface area contributed by atoms with Crippen LogP contribution < -0.4 is 5.11 Å². The van der Waals surface area contributed by atoms with Gasteiger partial charge in [0.15, 0.2) is 12.4 Å². The third-order valence-corrected chi connectivity index (χ3v) is 11.9. The lowest BCUT2D eigenvalue weighted by Gasteiger charge is -2.26. The summed E-state index contributed by atoms with van der Waals surface area (Å²) in [5, 5.41) is 11.8. The summed E-state index contributed by atoms with van der Waals surface area (Å²) in [5.74, 6) is -2.30. The van der Waals surface area contributed by atoms with Crippen molar-refractivity contribution in [1.29, 1.82) is 0 Å². The molecule has 0 saturated heterocycles. The molecule has 0 amide bonds. The smallest absolute Gasteiger partial charge is 0.306 e. The van der Waals surface area contributed by atoms with Crippen LogP contribution in [0.3, 0.4) is 0 Å². The number of hydrogen-bond donors (Lipinski definition) is 0. The first-order valence-corrected chi connectivity index (χ1v) is 28.2. The van der Waals surface area contributed by atoms with Crippen LogP contribution in [-0.4, -0.2) is 82.3 Å². The molecule has 0 radical (unpaired) electrons. The highest BCUT2D eigenvalue weighted by molar-refractivity contribution is 5.70. The number of carbonyl (C=O) groups is 3. The van der Waals surface area contributed by atoms with Crippen LogP contribution in [0.5, 0.6) is 0 Å². The summed E-state index contributed by atoms with van der Waals surface area (Å²) in [6, 6.07) is 0. The number of hydrogen-bond acceptors (Lipinski definition) is 8. The molecular weight excluding hydrogens is 875 g/mol. The van der Waals surface area contributed by atoms with Gasteiger partial charge in [0.25, 0.3) is 0 Å². The van der Waals surface area contributed by atoms with Crippen molar-refractivity contribution < 1.29 is 42.9 Å². The summed E-state index contributed by atoms with van der Waals surface area (Å²) < 4.78 is 22.7. The van der Waals surface area contributed by atoms with E-state index < -0.39 is 24.3 Å². The molecule has 0 heterocycles. The van der Waals surface area contributed by atoms with Crippen molar-refractivity contribution in [2.75, 3.05) is 47.5 Å². The van der Waals surface area contributed by atoms with Gasteiger partial charge in [0.1, 0.15) is 13.2 Å². The molecule has 9 nitrogen and oxygen atoms in total. The molecule has 0 saturated carbocycles. The second-order valence-electron chi connectivity index (χ2n) is 19.8. The van der Waals surface area contributed by atoms with Gasteiger partial charge in [-0.25, -0.2) is 0 Å². The zero-order valence-corrected chi connectivity index (χ0v) is 45.6. The van der Waals surface area contributed by atoms with E-state index in [9.17, 15) is 19.5 Å². The molecule has 70 heavy (non-hydrogen) atoms. The molecular formula is C61H105NO8. The number of quaternary nitrogens is 1. The van der Waals surface area contributed by atoms with Gasteiger partial charge < -0.3 is 33.3 Å². The summed E-state index contributed by atoms with van der Waals surface area (Å²) >= 11 is 0. The zero-order chi connectivity index (χ0) is 51.3. The minimum atomic E-state index is -1.63. The van der Waals surface area contributed by atoms with E-state index in [4.69, 9.17) is 18.9 Å². The number of aliphatic carboxylic acids is 1. The van der Waals surface area contributed by atoms with E-state index in [0.29, 0.717) is 17.4 Å². The van der Waals surface area contributed by atoms with Crippen LogP contribution in [0.4, 0.5) is 0 Å². The normalized spacial score (nSPS) is 13.4. The van der Waals surface area contributed by atoms with Crippen LogP contribution in [-0.2, 0) is 33.3 Å². The lowest BCUT2D eigenvalue weighted by atomic mass is 10.1.